The van der Waals surface area contributed by atoms with Crippen LogP contribution in [-0.2, 0) is 4.84 Å². The number of nitrogens with zero attached hydrogens (tertiary/aromatic N) is 1. The quantitative estimate of drug-likeness (QED) is 0.577. The van der Waals surface area contributed by atoms with E-state index < -0.39 is 0 Å². The molecule has 2 N–H and O–H groups in total. The standard InChI is InChI=1S/C9H22N2O.2ClH/c1-8(2)11(9(3)4)6-5-7-12-10;;/h8-9H,5-7,10H2,1-4H3;2*1H. The van der Waals surface area contributed by atoms with Crippen LogP contribution in [0.15, 0.2) is 0 Å². The minimum atomic E-state index is 0. The van der Waals surface area contributed by atoms with Gasteiger partial charge in [-0.1, -0.05) is 0 Å². The maximum Gasteiger partial charge on any atom is 0.0691 e. The molecule has 0 fully saturated rings. The summed E-state index contributed by atoms with van der Waals surface area (Å²) < 4.78 is 0. The average molecular weight is 247 g/mol. The lowest BCUT2D eigenvalue weighted by Gasteiger charge is -2.30. The maximum atomic E-state index is 4.95. The Morgan fingerprint density at radius 2 is 1.50 bits per heavy atom. The Labute approximate surface area is 100 Å². The van der Waals surface area contributed by atoms with Crippen molar-refractivity contribution in [2.75, 3.05) is 13.2 Å². The van der Waals surface area contributed by atoms with E-state index in [9.17, 15) is 0 Å². The molecule has 0 bridgehead atoms. The first-order valence-corrected chi connectivity index (χ1v) is 4.67. The van der Waals surface area contributed by atoms with Gasteiger partial charge in [-0.2, -0.15) is 0 Å². The number of hydrogen-bond donors (Lipinski definition) is 1. The molecule has 0 rings (SSSR count). The molecule has 0 aromatic heterocycles. The van der Waals surface area contributed by atoms with Crippen molar-refractivity contribution in [3.63, 3.8) is 0 Å². The fourth-order valence-corrected chi connectivity index (χ4v) is 1.44. The zero-order valence-corrected chi connectivity index (χ0v) is 11.2. The molecule has 0 atom stereocenters. The molecule has 0 spiro atoms. The molecule has 0 aliphatic heterocycles. The highest BCUT2D eigenvalue weighted by Crippen LogP contribution is 2.05. The second-order valence-electron chi connectivity index (χ2n) is 3.65. The van der Waals surface area contributed by atoms with Gasteiger partial charge < -0.3 is 4.84 Å². The Morgan fingerprint density at radius 1 is 1.07 bits per heavy atom. The highest BCUT2D eigenvalue weighted by Gasteiger charge is 2.11. The van der Waals surface area contributed by atoms with Crippen LogP contribution >= 0.6 is 24.8 Å². The van der Waals surface area contributed by atoms with Gasteiger partial charge in [0.1, 0.15) is 0 Å². The van der Waals surface area contributed by atoms with E-state index in [1.807, 2.05) is 0 Å². The molecule has 3 nitrogen and oxygen atoms in total. The summed E-state index contributed by atoms with van der Waals surface area (Å²) in [5, 5.41) is 0. The summed E-state index contributed by atoms with van der Waals surface area (Å²) in [4.78, 5) is 6.95. The van der Waals surface area contributed by atoms with Crippen LogP contribution in [0.2, 0.25) is 0 Å². The highest BCUT2D eigenvalue weighted by atomic mass is 35.5. The molecule has 0 saturated heterocycles. The number of hydrogen-bond acceptors (Lipinski definition) is 3. The fourth-order valence-electron chi connectivity index (χ4n) is 1.44. The van der Waals surface area contributed by atoms with Gasteiger partial charge in [-0.25, -0.2) is 5.90 Å². The highest BCUT2D eigenvalue weighted by molar-refractivity contribution is 5.85. The van der Waals surface area contributed by atoms with E-state index in [1.165, 1.54) is 0 Å². The van der Waals surface area contributed by atoms with Gasteiger partial charge in [-0.3, -0.25) is 4.90 Å². The summed E-state index contributed by atoms with van der Waals surface area (Å²) in [7, 11) is 0. The number of halogens is 2. The molecule has 0 aliphatic rings. The van der Waals surface area contributed by atoms with Crippen LogP contribution in [0.5, 0.6) is 0 Å². The van der Waals surface area contributed by atoms with E-state index in [0.717, 1.165) is 13.0 Å². The lowest BCUT2D eigenvalue weighted by Crippen LogP contribution is -2.38. The molecule has 0 heterocycles. The van der Waals surface area contributed by atoms with E-state index in [1.54, 1.807) is 0 Å². The van der Waals surface area contributed by atoms with Crippen molar-refractivity contribution in [1.29, 1.82) is 0 Å². The van der Waals surface area contributed by atoms with Gasteiger partial charge in [0, 0.05) is 18.6 Å². The zero-order valence-electron chi connectivity index (χ0n) is 9.53. The molecule has 0 amide bonds. The van der Waals surface area contributed by atoms with E-state index >= 15 is 0 Å². The first kappa shape index (κ1) is 19.9. The van der Waals surface area contributed by atoms with Gasteiger partial charge in [-0.15, -0.1) is 24.8 Å². The Morgan fingerprint density at radius 3 is 1.79 bits per heavy atom. The van der Waals surface area contributed by atoms with Crippen molar-refractivity contribution in [3.8, 4) is 0 Å². The molecule has 0 radical (unpaired) electrons. The lowest BCUT2D eigenvalue weighted by atomic mass is 10.2. The van der Waals surface area contributed by atoms with Crippen molar-refractivity contribution in [2.45, 2.75) is 46.2 Å². The summed E-state index contributed by atoms with van der Waals surface area (Å²) in [6, 6.07) is 1.20. The topological polar surface area (TPSA) is 38.5 Å². The van der Waals surface area contributed by atoms with Crippen LogP contribution in [0.3, 0.4) is 0 Å². The van der Waals surface area contributed by atoms with Gasteiger partial charge in [0.05, 0.1) is 6.61 Å². The molecule has 5 heteroatoms. The summed E-state index contributed by atoms with van der Waals surface area (Å²) in [5.41, 5.74) is 0. The third-order valence-electron chi connectivity index (χ3n) is 2.01. The second kappa shape index (κ2) is 11.5. The molecule has 0 aromatic rings. The minimum Gasteiger partial charge on any atom is -0.305 e. The minimum absolute atomic E-state index is 0. The molecule has 0 aromatic carbocycles. The molecular weight excluding hydrogens is 223 g/mol. The van der Waals surface area contributed by atoms with Crippen molar-refractivity contribution in [3.05, 3.63) is 0 Å². The molecule has 90 valence electrons. The Bertz CT molecular complexity index is 105. The average Bonchev–Trinajstić information content (AvgIpc) is 1.96. The van der Waals surface area contributed by atoms with E-state index in [4.69, 9.17) is 5.90 Å². The SMILES string of the molecule is CC(C)N(CCCON)C(C)C.Cl.Cl. The van der Waals surface area contributed by atoms with Crippen LogP contribution in [-0.4, -0.2) is 30.1 Å². The molecule has 0 saturated carbocycles. The van der Waals surface area contributed by atoms with Crippen LogP contribution in [0.25, 0.3) is 0 Å². The van der Waals surface area contributed by atoms with Gasteiger partial charge in [0.25, 0.3) is 0 Å². The smallest absolute Gasteiger partial charge is 0.0691 e. The van der Waals surface area contributed by atoms with Gasteiger partial charge in [0.2, 0.25) is 0 Å². The van der Waals surface area contributed by atoms with Gasteiger partial charge >= 0.3 is 0 Å². The predicted octanol–water partition coefficient (Wildman–Crippen LogP) is 2.23. The normalized spacial score (nSPS) is 10.3. The molecular formula is C9H24Cl2N2O. The zero-order chi connectivity index (χ0) is 9.56. The Hall–Kier alpha value is 0.460. The fraction of sp³-hybridized carbons (Fsp3) is 1.00. The van der Waals surface area contributed by atoms with E-state index in [0.29, 0.717) is 18.7 Å². The Balaban J connectivity index is -0.000000605. The third kappa shape index (κ3) is 9.03. The van der Waals surface area contributed by atoms with Crippen molar-refractivity contribution in [1.82, 2.24) is 4.90 Å². The van der Waals surface area contributed by atoms with E-state index in [-0.39, 0.29) is 24.8 Å². The van der Waals surface area contributed by atoms with Crippen LogP contribution in [0.1, 0.15) is 34.1 Å². The van der Waals surface area contributed by atoms with Crippen LogP contribution in [0, 0.1) is 0 Å². The van der Waals surface area contributed by atoms with Gasteiger partial charge in [-0.05, 0) is 34.1 Å². The van der Waals surface area contributed by atoms with E-state index in [2.05, 4.69) is 37.4 Å². The lowest BCUT2D eigenvalue weighted by molar-refractivity contribution is 0.107. The first-order chi connectivity index (χ1) is 5.59. The summed E-state index contributed by atoms with van der Waals surface area (Å²) >= 11 is 0. The summed E-state index contributed by atoms with van der Waals surface area (Å²) in [5.74, 6) is 4.95. The molecule has 0 aliphatic carbocycles. The summed E-state index contributed by atoms with van der Waals surface area (Å²) in [6.07, 6.45) is 1.01. The van der Waals surface area contributed by atoms with Crippen LogP contribution in [0.4, 0.5) is 0 Å². The first-order valence-electron chi connectivity index (χ1n) is 4.67. The largest absolute Gasteiger partial charge is 0.305 e. The van der Waals surface area contributed by atoms with Crippen molar-refractivity contribution >= 4 is 24.8 Å². The molecule has 14 heavy (non-hydrogen) atoms. The van der Waals surface area contributed by atoms with Crippen molar-refractivity contribution < 1.29 is 4.84 Å². The van der Waals surface area contributed by atoms with Gasteiger partial charge in [0.15, 0.2) is 0 Å². The van der Waals surface area contributed by atoms with Crippen LogP contribution < -0.4 is 5.90 Å². The predicted molar refractivity (Wildman–Crippen MR) is 66.2 cm³/mol. The number of nitrogens with two attached hydrogens (primary N) is 1. The molecule has 0 unspecified atom stereocenters. The summed E-state index contributed by atoms with van der Waals surface area (Å²) in [6.45, 7) is 10.6. The number of rotatable bonds is 6. The van der Waals surface area contributed by atoms with Crippen molar-refractivity contribution in [2.24, 2.45) is 5.90 Å². The monoisotopic (exact) mass is 246 g/mol. The third-order valence-corrected chi connectivity index (χ3v) is 2.01. The second-order valence-corrected chi connectivity index (χ2v) is 3.65. The Kier molecular flexibility index (Phi) is 16.4. The maximum absolute atomic E-state index is 4.95.